The van der Waals surface area contributed by atoms with Crippen LogP contribution in [-0.4, -0.2) is 56.1 Å². The number of sulfonamides is 1. The highest BCUT2D eigenvalue weighted by molar-refractivity contribution is 7.89. The van der Waals surface area contributed by atoms with Crippen LogP contribution in [0.3, 0.4) is 0 Å². The van der Waals surface area contributed by atoms with Crippen LogP contribution in [-0.2, 0) is 10.0 Å². The largest absolute Gasteiger partial charge is 0.477 e. The van der Waals surface area contributed by atoms with Crippen LogP contribution < -0.4 is 4.72 Å². The topological polar surface area (TPSA) is 103 Å². The van der Waals surface area contributed by atoms with E-state index in [1.54, 1.807) is 6.92 Å². The number of aryl methyl sites for hydroxylation is 1. The number of carboxylic acid groups (broad SMARTS) is 1. The van der Waals surface area contributed by atoms with E-state index in [1.165, 1.54) is 6.92 Å². The molecule has 0 saturated carbocycles. The van der Waals surface area contributed by atoms with Crippen molar-refractivity contribution in [2.75, 3.05) is 26.7 Å². The van der Waals surface area contributed by atoms with Gasteiger partial charge in [0.25, 0.3) is 0 Å². The number of carboxylic acids is 1. The Morgan fingerprint density at radius 3 is 2.45 bits per heavy atom. The van der Waals surface area contributed by atoms with Crippen LogP contribution in [0, 0.1) is 13.8 Å². The van der Waals surface area contributed by atoms with E-state index in [-0.39, 0.29) is 22.7 Å². The van der Waals surface area contributed by atoms with Crippen molar-refractivity contribution in [3.8, 4) is 0 Å². The number of likely N-dealkylation sites (N-methyl/N-ethyl adjacent to an activating group) is 1. The van der Waals surface area contributed by atoms with Crippen molar-refractivity contribution >= 4 is 16.0 Å². The van der Waals surface area contributed by atoms with Crippen molar-refractivity contribution in [2.24, 2.45) is 0 Å². The summed E-state index contributed by atoms with van der Waals surface area (Å²) in [7, 11) is -1.82. The number of H-pyrrole nitrogens is 1. The number of aromatic nitrogens is 1. The van der Waals surface area contributed by atoms with E-state index in [0.29, 0.717) is 12.2 Å². The van der Waals surface area contributed by atoms with E-state index in [0.717, 1.165) is 6.54 Å². The molecule has 8 heteroatoms. The lowest BCUT2D eigenvalue weighted by Gasteiger charge is -2.14. The summed E-state index contributed by atoms with van der Waals surface area (Å²) in [5, 5.41) is 9.00. The number of aromatic amines is 1. The van der Waals surface area contributed by atoms with Crippen molar-refractivity contribution in [2.45, 2.75) is 25.7 Å². The molecule has 0 saturated heterocycles. The average Bonchev–Trinajstić information content (AvgIpc) is 2.64. The lowest BCUT2D eigenvalue weighted by molar-refractivity contribution is 0.0690. The van der Waals surface area contributed by atoms with Crippen molar-refractivity contribution in [3.05, 3.63) is 17.0 Å². The summed E-state index contributed by atoms with van der Waals surface area (Å²) in [6.45, 7) is 6.70. The lowest BCUT2D eigenvalue weighted by Crippen LogP contribution is -2.33. The summed E-state index contributed by atoms with van der Waals surface area (Å²) in [5.41, 5.74) is 0.469. The van der Waals surface area contributed by atoms with Gasteiger partial charge in [0.05, 0.1) is 0 Å². The second-order valence-electron chi connectivity index (χ2n) is 4.68. The summed E-state index contributed by atoms with van der Waals surface area (Å²) < 4.78 is 27.0. The van der Waals surface area contributed by atoms with Gasteiger partial charge >= 0.3 is 5.97 Å². The van der Waals surface area contributed by atoms with Crippen LogP contribution in [0.25, 0.3) is 0 Å². The first-order chi connectivity index (χ1) is 9.20. The molecule has 0 radical (unpaired) electrons. The van der Waals surface area contributed by atoms with Gasteiger partial charge in [0.1, 0.15) is 10.6 Å². The standard InChI is InChI=1S/C12H21N3O4S/c1-5-15(4)7-6-13-20(18,19)11-8(2)10(12(16)17)14-9(11)3/h13-14H,5-7H2,1-4H3,(H,16,17). The first-order valence-corrected chi connectivity index (χ1v) is 7.79. The summed E-state index contributed by atoms with van der Waals surface area (Å²) >= 11 is 0. The number of nitrogens with zero attached hydrogens (tertiary/aromatic N) is 1. The molecule has 0 aliphatic heterocycles. The van der Waals surface area contributed by atoms with Gasteiger partial charge in [-0.3, -0.25) is 0 Å². The molecular formula is C12H21N3O4S. The van der Waals surface area contributed by atoms with Gasteiger partial charge in [-0.2, -0.15) is 0 Å². The Bertz CT molecular complexity index is 592. The molecule has 0 aliphatic rings. The Morgan fingerprint density at radius 1 is 1.40 bits per heavy atom. The molecule has 0 fully saturated rings. The molecule has 1 rings (SSSR count). The number of carbonyl (C=O) groups is 1. The van der Waals surface area contributed by atoms with E-state index in [1.807, 2.05) is 18.9 Å². The molecule has 3 N–H and O–H groups in total. The van der Waals surface area contributed by atoms with Gasteiger partial charge in [-0.15, -0.1) is 0 Å². The van der Waals surface area contributed by atoms with E-state index in [4.69, 9.17) is 5.11 Å². The minimum absolute atomic E-state index is 0.0223. The quantitative estimate of drug-likeness (QED) is 0.683. The molecule has 0 unspecified atom stereocenters. The highest BCUT2D eigenvalue weighted by atomic mass is 32.2. The van der Waals surface area contributed by atoms with Crippen molar-refractivity contribution in [1.29, 1.82) is 0 Å². The predicted octanol–water partition coefficient (Wildman–Crippen LogP) is 0.560. The summed E-state index contributed by atoms with van der Waals surface area (Å²) in [6.07, 6.45) is 0. The fraction of sp³-hybridized carbons (Fsp3) is 0.583. The third-order valence-corrected chi connectivity index (χ3v) is 4.91. The Labute approximate surface area is 119 Å². The van der Waals surface area contributed by atoms with E-state index in [9.17, 15) is 13.2 Å². The summed E-state index contributed by atoms with van der Waals surface area (Å²) in [5.74, 6) is -1.17. The van der Waals surface area contributed by atoms with Crippen LogP contribution in [0.1, 0.15) is 28.7 Å². The molecule has 114 valence electrons. The molecule has 0 amide bonds. The normalized spacial score (nSPS) is 12.1. The van der Waals surface area contributed by atoms with Gasteiger partial charge in [0.2, 0.25) is 10.0 Å². The highest BCUT2D eigenvalue weighted by Crippen LogP contribution is 2.22. The molecule has 20 heavy (non-hydrogen) atoms. The maximum absolute atomic E-state index is 12.2. The maximum Gasteiger partial charge on any atom is 0.352 e. The minimum Gasteiger partial charge on any atom is -0.477 e. The fourth-order valence-corrected chi connectivity index (χ4v) is 3.41. The Hall–Kier alpha value is -1.38. The molecule has 7 nitrogen and oxygen atoms in total. The minimum atomic E-state index is -3.71. The molecule has 1 aromatic rings. The molecule has 0 bridgehead atoms. The molecule has 1 heterocycles. The van der Waals surface area contributed by atoms with E-state index < -0.39 is 16.0 Å². The van der Waals surface area contributed by atoms with Crippen molar-refractivity contribution in [1.82, 2.24) is 14.6 Å². The van der Waals surface area contributed by atoms with Gasteiger partial charge in [-0.1, -0.05) is 6.92 Å². The Kier molecular flexibility index (Phi) is 5.32. The van der Waals surface area contributed by atoms with Crippen LogP contribution in [0.15, 0.2) is 4.90 Å². The van der Waals surface area contributed by atoms with E-state index in [2.05, 4.69) is 9.71 Å². The molecular weight excluding hydrogens is 282 g/mol. The van der Waals surface area contributed by atoms with Crippen LogP contribution in [0.5, 0.6) is 0 Å². The number of aromatic carboxylic acids is 1. The van der Waals surface area contributed by atoms with Gasteiger partial charge in [0.15, 0.2) is 0 Å². The number of rotatable bonds is 7. The number of hydrogen-bond donors (Lipinski definition) is 3. The third-order valence-electron chi connectivity index (χ3n) is 3.18. The van der Waals surface area contributed by atoms with Crippen LogP contribution in [0.2, 0.25) is 0 Å². The first kappa shape index (κ1) is 16.7. The predicted molar refractivity (Wildman–Crippen MR) is 75.6 cm³/mol. The number of nitrogens with one attached hydrogen (secondary N) is 2. The Morgan fingerprint density at radius 2 is 2.00 bits per heavy atom. The summed E-state index contributed by atoms with van der Waals surface area (Å²) in [6, 6.07) is 0. The van der Waals surface area contributed by atoms with Crippen LogP contribution in [0.4, 0.5) is 0 Å². The molecule has 0 aromatic carbocycles. The molecule has 0 spiro atoms. The second-order valence-corrected chi connectivity index (χ2v) is 6.38. The zero-order valence-electron chi connectivity index (χ0n) is 12.1. The summed E-state index contributed by atoms with van der Waals surface area (Å²) in [4.78, 5) is 15.6. The van der Waals surface area contributed by atoms with Gasteiger partial charge in [-0.05, 0) is 27.4 Å². The maximum atomic E-state index is 12.2. The SMILES string of the molecule is CCN(C)CCNS(=O)(=O)c1c(C)[nH]c(C(=O)O)c1C. The second kappa shape index (κ2) is 6.38. The lowest BCUT2D eigenvalue weighted by atomic mass is 10.2. The fourth-order valence-electron chi connectivity index (χ4n) is 1.95. The van der Waals surface area contributed by atoms with Gasteiger partial charge in [-0.25, -0.2) is 17.9 Å². The highest BCUT2D eigenvalue weighted by Gasteiger charge is 2.25. The van der Waals surface area contributed by atoms with Gasteiger partial charge < -0.3 is 15.0 Å². The Balaban J connectivity index is 2.96. The van der Waals surface area contributed by atoms with E-state index >= 15 is 0 Å². The van der Waals surface area contributed by atoms with Crippen molar-refractivity contribution in [3.63, 3.8) is 0 Å². The zero-order valence-corrected chi connectivity index (χ0v) is 13.0. The monoisotopic (exact) mass is 303 g/mol. The molecule has 0 atom stereocenters. The number of hydrogen-bond acceptors (Lipinski definition) is 4. The smallest absolute Gasteiger partial charge is 0.352 e. The molecule has 1 aromatic heterocycles. The van der Waals surface area contributed by atoms with Crippen LogP contribution >= 0.6 is 0 Å². The van der Waals surface area contributed by atoms with Gasteiger partial charge in [0, 0.05) is 24.3 Å². The first-order valence-electron chi connectivity index (χ1n) is 6.31. The average molecular weight is 303 g/mol. The molecule has 0 aliphatic carbocycles. The van der Waals surface area contributed by atoms with Crippen molar-refractivity contribution < 1.29 is 18.3 Å². The third kappa shape index (κ3) is 3.59. The zero-order chi connectivity index (χ0) is 15.5.